The van der Waals surface area contributed by atoms with Crippen molar-refractivity contribution in [2.45, 2.75) is 0 Å². The summed E-state index contributed by atoms with van der Waals surface area (Å²) in [5.74, 6) is -2.47. The molecule has 172 valence electrons. The van der Waals surface area contributed by atoms with E-state index in [4.69, 9.17) is 0 Å². The smallest absolute Gasteiger partial charge is 0.134 e. The molecule has 0 unspecified atom stereocenters. The van der Waals surface area contributed by atoms with E-state index in [1.807, 2.05) is 24.3 Å². The van der Waals surface area contributed by atoms with Crippen LogP contribution in [-0.2, 0) is 0 Å². The lowest BCUT2D eigenvalue weighted by atomic mass is 10.1. The molecule has 6 rings (SSSR count). The molecule has 35 heavy (non-hydrogen) atoms. The zero-order valence-electron chi connectivity index (χ0n) is 17.6. The fourth-order valence-corrected chi connectivity index (χ4v) is 6.70. The van der Waals surface area contributed by atoms with E-state index in [2.05, 4.69) is 8.75 Å². The first-order valence-corrected chi connectivity index (χ1v) is 12.7. The number of rotatable bonds is 4. The van der Waals surface area contributed by atoms with Crippen LogP contribution in [0.2, 0.25) is 0 Å². The number of benzene rings is 3. The largest absolute Gasteiger partial charge is 0.206 e. The SMILES string of the molecule is Fc1cccc(F)c1-c1ccc(-c2ccc(-c3ccc(-c4c(F)cccc4F)s3)c3nsnc23)s1. The van der Waals surface area contributed by atoms with E-state index < -0.39 is 23.3 Å². The topological polar surface area (TPSA) is 25.8 Å². The third-order valence-electron chi connectivity index (χ3n) is 5.58. The van der Waals surface area contributed by atoms with Gasteiger partial charge in [-0.2, -0.15) is 8.75 Å². The van der Waals surface area contributed by atoms with Crippen molar-refractivity contribution in [3.63, 3.8) is 0 Å². The van der Waals surface area contributed by atoms with Crippen LogP contribution in [0.4, 0.5) is 17.6 Å². The Kier molecular flexibility index (Phi) is 5.47. The minimum absolute atomic E-state index is 0.0560. The van der Waals surface area contributed by atoms with Crippen molar-refractivity contribution in [2.24, 2.45) is 0 Å². The molecule has 9 heteroatoms. The van der Waals surface area contributed by atoms with E-state index in [1.165, 1.54) is 59.1 Å². The maximum atomic E-state index is 14.3. The molecule has 0 N–H and O–H groups in total. The molecule has 0 bridgehead atoms. The molecule has 3 aromatic carbocycles. The molecule has 3 aromatic heterocycles. The molecule has 0 fully saturated rings. The number of hydrogen-bond acceptors (Lipinski definition) is 5. The fraction of sp³-hybridized carbons (Fsp3) is 0. The van der Waals surface area contributed by atoms with Gasteiger partial charge in [-0.1, -0.05) is 24.3 Å². The van der Waals surface area contributed by atoms with Crippen LogP contribution < -0.4 is 0 Å². The Balaban J connectivity index is 1.42. The number of aromatic nitrogens is 2. The van der Waals surface area contributed by atoms with E-state index >= 15 is 0 Å². The molecule has 2 nitrogen and oxygen atoms in total. The Morgan fingerprint density at radius 2 is 0.829 bits per heavy atom. The van der Waals surface area contributed by atoms with Gasteiger partial charge >= 0.3 is 0 Å². The van der Waals surface area contributed by atoms with Gasteiger partial charge in [0.25, 0.3) is 0 Å². The van der Waals surface area contributed by atoms with Crippen LogP contribution in [-0.4, -0.2) is 8.75 Å². The van der Waals surface area contributed by atoms with Crippen molar-refractivity contribution in [1.82, 2.24) is 8.75 Å². The molecule has 3 heterocycles. The number of thiophene rings is 2. The van der Waals surface area contributed by atoms with Gasteiger partial charge in [-0.15, -0.1) is 22.7 Å². The van der Waals surface area contributed by atoms with Crippen molar-refractivity contribution >= 4 is 45.4 Å². The molecule has 6 aromatic rings. The van der Waals surface area contributed by atoms with Crippen LogP contribution in [0.25, 0.3) is 52.8 Å². The average molecular weight is 525 g/mol. The van der Waals surface area contributed by atoms with Crippen LogP contribution in [0, 0.1) is 23.3 Å². The second kappa shape index (κ2) is 8.67. The minimum atomic E-state index is -0.617. The van der Waals surface area contributed by atoms with Gasteiger partial charge in [0.1, 0.15) is 34.3 Å². The summed E-state index contributed by atoms with van der Waals surface area (Å²) in [7, 11) is 0. The normalized spacial score (nSPS) is 11.4. The maximum absolute atomic E-state index is 14.3. The highest BCUT2D eigenvalue weighted by Crippen LogP contribution is 2.43. The van der Waals surface area contributed by atoms with Gasteiger partial charge in [-0.05, 0) is 48.5 Å². The zero-order chi connectivity index (χ0) is 24.1. The van der Waals surface area contributed by atoms with Gasteiger partial charge < -0.3 is 0 Å². The number of fused-ring (bicyclic) bond motifs is 1. The van der Waals surface area contributed by atoms with Crippen LogP contribution >= 0.6 is 34.4 Å². The Morgan fingerprint density at radius 1 is 0.457 bits per heavy atom. The lowest BCUT2D eigenvalue weighted by molar-refractivity contribution is 0.589. The third kappa shape index (κ3) is 3.76. The Bertz CT molecular complexity index is 1550. The summed E-state index contributed by atoms with van der Waals surface area (Å²) in [6.45, 7) is 0. The molecule has 0 saturated heterocycles. The minimum Gasteiger partial charge on any atom is -0.206 e. The van der Waals surface area contributed by atoms with Gasteiger partial charge in [0, 0.05) is 30.6 Å². The lowest BCUT2D eigenvalue weighted by Gasteiger charge is -2.04. The van der Waals surface area contributed by atoms with Crippen LogP contribution in [0.15, 0.2) is 72.8 Å². The van der Waals surface area contributed by atoms with Gasteiger partial charge in [0.15, 0.2) is 0 Å². The Labute approximate surface area is 209 Å². The predicted octanol–water partition coefficient (Wildman–Crippen LogP) is 9.04. The molecular formula is C26H12F4N2S3. The zero-order valence-corrected chi connectivity index (χ0v) is 20.0. The van der Waals surface area contributed by atoms with Crippen molar-refractivity contribution < 1.29 is 17.6 Å². The lowest BCUT2D eigenvalue weighted by Crippen LogP contribution is -1.86. The second-order valence-electron chi connectivity index (χ2n) is 7.64. The first-order chi connectivity index (χ1) is 17.0. The first-order valence-electron chi connectivity index (χ1n) is 10.4. The van der Waals surface area contributed by atoms with Crippen molar-refractivity contribution in [1.29, 1.82) is 0 Å². The monoisotopic (exact) mass is 524 g/mol. The molecule has 0 aliphatic carbocycles. The first kappa shape index (κ1) is 22.1. The summed E-state index contributed by atoms with van der Waals surface area (Å²) < 4.78 is 66.0. The number of hydrogen-bond donors (Lipinski definition) is 0. The van der Waals surface area contributed by atoms with Crippen molar-refractivity contribution in [3.8, 4) is 41.8 Å². The van der Waals surface area contributed by atoms with E-state index in [9.17, 15) is 17.6 Å². The number of halogens is 4. The highest BCUT2D eigenvalue weighted by Gasteiger charge is 2.19. The maximum Gasteiger partial charge on any atom is 0.134 e. The molecule has 0 aliphatic heterocycles. The highest BCUT2D eigenvalue weighted by molar-refractivity contribution is 7.19. The Morgan fingerprint density at radius 3 is 1.23 bits per heavy atom. The van der Waals surface area contributed by atoms with Gasteiger partial charge in [-0.25, -0.2) is 17.6 Å². The molecular weight excluding hydrogens is 512 g/mol. The molecule has 0 aliphatic rings. The van der Waals surface area contributed by atoms with Crippen LogP contribution in [0.1, 0.15) is 0 Å². The van der Waals surface area contributed by atoms with Gasteiger partial charge in [-0.3, -0.25) is 0 Å². The molecule has 0 spiro atoms. The summed E-state index contributed by atoms with van der Waals surface area (Å²) >= 11 is 3.59. The summed E-state index contributed by atoms with van der Waals surface area (Å²) in [6.07, 6.45) is 0. The van der Waals surface area contributed by atoms with E-state index in [0.29, 0.717) is 20.8 Å². The van der Waals surface area contributed by atoms with Crippen molar-refractivity contribution in [3.05, 3.63) is 96.1 Å². The molecule has 0 saturated carbocycles. The molecule has 0 radical (unpaired) electrons. The molecule has 0 atom stereocenters. The fourth-order valence-electron chi connectivity index (χ4n) is 3.96. The van der Waals surface area contributed by atoms with E-state index in [-0.39, 0.29) is 11.1 Å². The summed E-state index contributed by atoms with van der Waals surface area (Å²) in [5, 5.41) is 0. The highest BCUT2D eigenvalue weighted by atomic mass is 32.1. The molecule has 0 amide bonds. The van der Waals surface area contributed by atoms with Gasteiger partial charge in [0.05, 0.1) is 22.9 Å². The average Bonchev–Trinajstić information content (AvgIpc) is 3.60. The van der Waals surface area contributed by atoms with Gasteiger partial charge in [0.2, 0.25) is 0 Å². The van der Waals surface area contributed by atoms with Crippen LogP contribution in [0.5, 0.6) is 0 Å². The quantitative estimate of drug-likeness (QED) is 0.215. The second-order valence-corrected chi connectivity index (χ2v) is 10.3. The summed E-state index contributed by atoms with van der Waals surface area (Å²) in [4.78, 5) is 2.55. The van der Waals surface area contributed by atoms with Crippen molar-refractivity contribution in [2.75, 3.05) is 0 Å². The predicted molar refractivity (Wildman–Crippen MR) is 135 cm³/mol. The van der Waals surface area contributed by atoms with Crippen LogP contribution in [0.3, 0.4) is 0 Å². The summed E-state index contributed by atoms with van der Waals surface area (Å²) in [5.41, 5.74) is 2.78. The summed E-state index contributed by atoms with van der Waals surface area (Å²) in [6, 6.07) is 18.4. The third-order valence-corrected chi connectivity index (χ3v) is 8.38. The standard InChI is InChI=1S/C26H12F4N2S3/c27-15-3-1-4-16(28)23(15)21-11-9-19(33-21)13-7-8-14(26-25(13)31-35-32-26)20-10-12-22(34-20)24-17(29)5-2-6-18(24)30/h1-12H. The van der Waals surface area contributed by atoms with E-state index in [1.54, 1.807) is 12.1 Å². The number of nitrogens with zero attached hydrogens (tertiary/aromatic N) is 2. The van der Waals surface area contributed by atoms with E-state index in [0.717, 1.165) is 32.6 Å². The Hall–Kier alpha value is -3.40.